The van der Waals surface area contributed by atoms with Crippen molar-refractivity contribution >= 4 is 15.9 Å². The first-order valence-electron chi connectivity index (χ1n) is 7.36. The van der Waals surface area contributed by atoms with E-state index in [1.165, 1.54) is 48.0 Å². The molecule has 1 saturated heterocycles. The first-order chi connectivity index (χ1) is 9.13. The number of nitrogens with two attached hydrogens (primary N) is 1. The van der Waals surface area contributed by atoms with Gasteiger partial charge in [-0.3, -0.25) is 4.90 Å². The van der Waals surface area contributed by atoms with Crippen molar-refractivity contribution in [2.45, 2.75) is 38.8 Å². The van der Waals surface area contributed by atoms with E-state index < -0.39 is 0 Å². The summed E-state index contributed by atoms with van der Waals surface area (Å²) in [5.74, 6) is 1.59. The highest BCUT2D eigenvalue weighted by atomic mass is 79.9. The van der Waals surface area contributed by atoms with Crippen molar-refractivity contribution in [2.75, 3.05) is 13.1 Å². The molecule has 3 rings (SSSR count). The standard InChI is InChI=1S/C16H23BrN2/c1-11-7-12(5-6-15(11)17)8-19-9-13-3-2-4-16(18)14(13)10-19/h5-7,13-14,16H,2-4,8-10,18H2,1H3. The molecule has 19 heavy (non-hydrogen) atoms. The Hall–Kier alpha value is -0.380. The highest BCUT2D eigenvalue weighted by Gasteiger charge is 2.38. The Bertz CT molecular complexity index is 460. The zero-order valence-electron chi connectivity index (χ0n) is 11.6. The number of hydrogen-bond donors (Lipinski definition) is 1. The van der Waals surface area contributed by atoms with Crippen molar-refractivity contribution in [2.24, 2.45) is 17.6 Å². The highest BCUT2D eigenvalue weighted by Crippen LogP contribution is 2.36. The molecule has 3 atom stereocenters. The normalized spacial score (nSPS) is 31.4. The van der Waals surface area contributed by atoms with Gasteiger partial charge in [0.25, 0.3) is 0 Å². The summed E-state index contributed by atoms with van der Waals surface area (Å²) >= 11 is 3.57. The minimum absolute atomic E-state index is 0.440. The fraction of sp³-hybridized carbons (Fsp3) is 0.625. The van der Waals surface area contributed by atoms with Crippen molar-refractivity contribution in [1.82, 2.24) is 4.90 Å². The van der Waals surface area contributed by atoms with E-state index in [2.05, 4.69) is 46.0 Å². The lowest BCUT2D eigenvalue weighted by Crippen LogP contribution is -2.38. The lowest BCUT2D eigenvalue weighted by atomic mass is 9.78. The molecule has 1 aromatic carbocycles. The number of nitrogens with zero attached hydrogens (tertiary/aromatic N) is 1. The van der Waals surface area contributed by atoms with E-state index in [0.717, 1.165) is 18.4 Å². The van der Waals surface area contributed by atoms with Crippen molar-refractivity contribution in [3.05, 3.63) is 33.8 Å². The maximum atomic E-state index is 6.29. The van der Waals surface area contributed by atoms with Crippen LogP contribution >= 0.6 is 15.9 Å². The fourth-order valence-electron chi connectivity index (χ4n) is 3.80. The number of likely N-dealkylation sites (tertiary alicyclic amines) is 1. The van der Waals surface area contributed by atoms with E-state index in [0.29, 0.717) is 6.04 Å². The molecule has 1 aromatic rings. The Balaban J connectivity index is 1.66. The van der Waals surface area contributed by atoms with E-state index in [1.54, 1.807) is 0 Å². The zero-order valence-corrected chi connectivity index (χ0v) is 13.2. The summed E-state index contributed by atoms with van der Waals surface area (Å²) in [5, 5.41) is 0. The second-order valence-electron chi connectivity index (χ2n) is 6.30. The summed E-state index contributed by atoms with van der Waals surface area (Å²) in [7, 11) is 0. The van der Waals surface area contributed by atoms with Crippen molar-refractivity contribution in [1.29, 1.82) is 0 Å². The number of hydrogen-bond acceptors (Lipinski definition) is 2. The molecule has 3 unspecified atom stereocenters. The van der Waals surface area contributed by atoms with Gasteiger partial charge in [0.15, 0.2) is 0 Å². The zero-order chi connectivity index (χ0) is 13.4. The molecule has 0 amide bonds. The molecule has 1 aliphatic carbocycles. The summed E-state index contributed by atoms with van der Waals surface area (Å²) in [6.07, 6.45) is 3.94. The molecule has 0 bridgehead atoms. The van der Waals surface area contributed by atoms with Crippen molar-refractivity contribution in [3.63, 3.8) is 0 Å². The Morgan fingerprint density at radius 2 is 2.16 bits per heavy atom. The number of aryl methyl sites for hydroxylation is 1. The van der Waals surface area contributed by atoms with Gasteiger partial charge in [-0.25, -0.2) is 0 Å². The van der Waals surface area contributed by atoms with E-state index >= 15 is 0 Å². The fourth-order valence-corrected chi connectivity index (χ4v) is 4.05. The third kappa shape index (κ3) is 2.88. The van der Waals surface area contributed by atoms with E-state index in [1.807, 2.05) is 0 Å². The molecule has 3 heteroatoms. The van der Waals surface area contributed by atoms with Gasteiger partial charge in [-0.1, -0.05) is 34.5 Å². The first-order valence-corrected chi connectivity index (χ1v) is 8.16. The van der Waals surface area contributed by atoms with Gasteiger partial charge in [0.2, 0.25) is 0 Å². The van der Waals surface area contributed by atoms with Gasteiger partial charge in [0, 0.05) is 30.1 Å². The molecule has 0 spiro atoms. The molecule has 0 aromatic heterocycles. The van der Waals surface area contributed by atoms with Gasteiger partial charge in [0.1, 0.15) is 0 Å². The average molecular weight is 323 g/mol. The highest BCUT2D eigenvalue weighted by molar-refractivity contribution is 9.10. The number of halogens is 1. The lowest BCUT2D eigenvalue weighted by Gasteiger charge is -2.29. The number of rotatable bonds is 2. The first kappa shape index (κ1) is 13.6. The Kier molecular flexibility index (Phi) is 3.97. The third-order valence-electron chi connectivity index (χ3n) is 4.86. The molecule has 1 saturated carbocycles. The predicted octanol–water partition coefficient (Wildman–Crippen LogP) is 3.32. The molecular formula is C16H23BrN2. The smallest absolute Gasteiger partial charge is 0.0234 e. The van der Waals surface area contributed by atoms with E-state index in [9.17, 15) is 0 Å². The van der Waals surface area contributed by atoms with Gasteiger partial charge < -0.3 is 5.73 Å². The molecule has 2 N–H and O–H groups in total. The largest absolute Gasteiger partial charge is 0.327 e. The van der Waals surface area contributed by atoms with E-state index in [4.69, 9.17) is 5.73 Å². The SMILES string of the molecule is Cc1cc(CN2CC3CCCC(N)C3C2)ccc1Br. The second kappa shape index (κ2) is 5.55. The Morgan fingerprint density at radius 1 is 1.32 bits per heavy atom. The van der Waals surface area contributed by atoms with Crippen molar-refractivity contribution in [3.8, 4) is 0 Å². The van der Waals surface area contributed by atoms with Crippen LogP contribution in [0.25, 0.3) is 0 Å². The molecule has 2 nitrogen and oxygen atoms in total. The van der Waals surface area contributed by atoms with Crippen LogP contribution in [0.2, 0.25) is 0 Å². The average Bonchev–Trinajstić information content (AvgIpc) is 2.78. The van der Waals surface area contributed by atoms with Crippen LogP contribution in [-0.2, 0) is 6.54 Å². The molecule has 2 aliphatic rings. The van der Waals surface area contributed by atoms with Crippen LogP contribution in [-0.4, -0.2) is 24.0 Å². The van der Waals surface area contributed by atoms with Crippen LogP contribution in [0.4, 0.5) is 0 Å². The topological polar surface area (TPSA) is 29.3 Å². The summed E-state index contributed by atoms with van der Waals surface area (Å²) < 4.78 is 1.20. The van der Waals surface area contributed by atoms with Gasteiger partial charge >= 0.3 is 0 Å². The third-order valence-corrected chi connectivity index (χ3v) is 5.75. The van der Waals surface area contributed by atoms with Gasteiger partial charge in [-0.05, 0) is 48.8 Å². The molecule has 2 fully saturated rings. The van der Waals surface area contributed by atoms with Crippen LogP contribution < -0.4 is 5.73 Å². The van der Waals surface area contributed by atoms with Gasteiger partial charge in [-0.15, -0.1) is 0 Å². The minimum atomic E-state index is 0.440. The maximum absolute atomic E-state index is 6.29. The summed E-state index contributed by atoms with van der Waals surface area (Å²) in [6.45, 7) is 5.68. The van der Waals surface area contributed by atoms with Gasteiger partial charge in [0.05, 0.1) is 0 Å². The summed E-state index contributed by atoms with van der Waals surface area (Å²) in [4.78, 5) is 2.60. The second-order valence-corrected chi connectivity index (χ2v) is 7.15. The number of benzene rings is 1. The molecule has 1 heterocycles. The Morgan fingerprint density at radius 3 is 2.89 bits per heavy atom. The lowest BCUT2D eigenvalue weighted by molar-refractivity contribution is 0.259. The molecular weight excluding hydrogens is 300 g/mol. The summed E-state index contributed by atoms with van der Waals surface area (Å²) in [5.41, 5.74) is 9.04. The van der Waals surface area contributed by atoms with Crippen molar-refractivity contribution < 1.29 is 0 Å². The predicted molar refractivity (Wildman–Crippen MR) is 83.0 cm³/mol. The van der Waals surface area contributed by atoms with Crippen LogP contribution in [0.1, 0.15) is 30.4 Å². The quantitative estimate of drug-likeness (QED) is 0.905. The van der Waals surface area contributed by atoms with Crippen LogP contribution in [0.5, 0.6) is 0 Å². The van der Waals surface area contributed by atoms with Crippen LogP contribution in [0, 0.1) is 18.8 Å². The molecule has 0 radical (unpaired) electrons. The van der Waals surface area contributed by atoms with Crippen LogP contribution in [0.3, 0.4) is 0 Å². The molecule has 104 valence electrons. The van der Waals surface area contributed by atoms with Crippen LogP contribution in [0.15, 0.2) is 22.7 Å². The minimum Gasteiger partial charge on any atom is -0.327 e. The summed E-state index contributed by atoms with van der Waals surface area (Å²) in [6, 6.07) is 7.14. The molecule has 1 aliphatic heterocycles. The monoisotopic (exact) mass is 322 g/mol. The van der Waals surface area contributed by atoms with Gasteiger partial charge in [-0.2, -0.15) is 0 Å². The maximum Gasteiger partial charge on any atom is 0.0234 e. The number of fused-ring (bicyclic) bond motifs is 1. The van der Waals surface area contributed by atoms with E-state index in [-0.39, 0.29) is 0 Å². The Labute approximate surface area is 124 Å².